The van der Waals surface area contributed by atoms with E-state index < -0.39 is 11.9 Å². The van der Waals surface area contributed by atoms with Gasteiger partial charge in [-0.2, -0.15) is 13.2 Å². The van der Waals surface area contributed by atoms with E-state index in [1.807, 2.05) is 6.92 Å². The number of rotatable bonds is 6. The molecule has 0 bridgehead atoms. The van der Waals surface area contributed by atoms with Crippen LogP contribution in [0, 0.1) is 0 Å². The van der Waals surface area contributed by atoms with Crippen molar-refractivity contribution in [3.63, 3.8) is 0 Å². The van der Waals surface area contributed by atoms with E-state index in [2.05, 4.69) is 24.9 Å². The number of aromatic nitrogens is 7. The fourth-order valence-corrected chi connectivity index (χ4v) is 3.85. The molecule has 0 aliphatic rings. The van der Waals surface area contributed by atoms with Crippen LogP contribution in [0.25, 0.3) is 33.9 Å². The zero-order valence-electron chi connectivity index (χ0n) is 19.2. The number of nitrogens with one attached hydrogen (secondary N) is 1. The SMILES string of the molecule is CCOc1ncccc1-c1ncc2[nH]c(=O)n(Cc3ccc(-c4nc(C(F)(F)F)cn4C)cc3)c2n1. The Morgan fingerprint density at radius 2 is 1.86 bits per heavy atom. The first-order chi connectivity index (χ1) is 17.2. The van der Waals surface area contributed by atoms with Crippen molar-refractivity contribution in [2.24, 2.45) is 7.05 Å². The minimum Gasteiger partial charge on any atom is -0.477 e. The van der Waals surface area contributed by atoms with E-state index in [0.29, 0.717) is 40.6 Å². The molecule has 4 heterocycles. The Morgan fingerprint density at radius 3 is 2.56 bits per heavy atom. The molecule has 0 spiro atoms. The van der Waals surface area contributed by atoms with Gasteiger partial charge in [-0.15, -0.1) is 0 Å². The number of ether oxygens (including phenoxy) is 1. The molecule has 5 aromatic rings. The van der Waals surface area contributed by atoms with Gasteiger partial charge in [-0.3, -0.25) is 4.57 Å². The summed E-state index contributed by atoms with van der Waals surface area (Å²) in [6, 6.07) is 10.3. The molecule has 0 unspecified atom stereocenters. The van der Waals surface area contributed by atoms with E-state index >= 15 is 0 Å². The normalized spacial score (nSPS) is 11.8. The molecule has 9 nitrogen and oxygen atoms in total. The molecule has 36 heavy (non-hydrogen) atoms. The summed E-state index contributed by atoms with van der Waals surface area (Å²) in [5.41, 5.74) is 1.42. The number of H-pyrrole nitrogens is 1. The lowest BCUT2D eigenvalue weighted by molar-refractivity contribution is -0.140. The van der Waals surface area contributed by atoms with Crippen LogP contribution in [-0.2, 0) is 19.8 Å². The smallest absolute Gasteiger partial charge is 0.434 e. The molecule has 5 rings (SSSR count). The van der Waals surface area contributed by atoms with Gasteiger partial charge in [-0.25, -0.2) is 24.7 Å². The van der Waals surface area contributed by atoms with Crippen LogP contribution in [0.3, 0.4) is 0 Å². The standard InChI is InChI=1S/C24H20F3N7O2/c1-3-36-22-16(5-4-10-28-22)19-29-11-17-21(32-19)34(23(35)30-17)12-14-6-8-15(9-7-14)20-31-18(13-33(20)2)24(25,26)27/h4-11,13H,3,12H2,1-2H3,(H,30,35). The quantitative estimate of drug-likeness (QED) is 0.381. The molecule has 1 N–H and O–H groups in total. The number of halogens is 3. The van der Waals surface area contributed by atoms with Crippen molar-refractivity contribution in [3.05, 3.63) is 76.7 Å². The topological polar surface area (TPSA) is 104 Å². The van der Waals surface area contributed by atoms with Crippen LogP contribution < -0.4 is 10.4 Å². The van der Waals surface area contributed by atoms with Crippen molar-refractivity contribution in [1.82, 2.24) is 34.1 Å². The average Bonchev–Trinajstić information content (AvgIpc) is 3.39. The third-order valence-electron chi connectivity index (χ3n) is 5.52. The minimum atomic E-state index is -4.52. The van der Waals surface area contributed by atoms with Crippen LogP contribution >= 0.6 is 0 Å². The molecule has 0 fully saturated rings. The summed E-state index contributed by atoms with van der Waals surface area (Å²) in [7, 11) is 1.51. The average molecular weight is 495 g/mol. The van der Waals surface area contributed by atoms with Gasteiger partial charge in [0.2, 0.25) is 5.88 Å². The van der Waals surface area contributed by atoms with Crippen molar-refractivity contribution in [3.8, 4) is 28.7 Å². The Balaban J connectivity index is 1.47. The summed E-state index contributed by atoms with van der Waals surface area (Å²) in [6.45, 7) is 2.46. The summed E-state index contributed by atoms with van der Waals surface area (Å²) < 4.78 is 47.4. The number of benzene rings is 1. The second kappa shape index (κ2) is 8.95. The van der Waals surface area contributed by atoms with Gasteiger partial charge < -0.3 is 14.3 Å². The first kappa shape index (κ1) is 23.3. The predicted octanol–water partition coefficient (Wildman–Crippen LogP) is 4.05. The van der Waals surface area contributed by atoms with Crippen molar-refractivity contribution in [2.45, 2.75) is 19.6 Å². The lowest BCUT2D eigenvalue weighted by Crippen LogP contribution is -2.17. The maximum atomic E-state index is 13.0. The zero-order valence-corrected chi connectivity index (χ0v) is 19.2. The van der Waals surface area contributed by atoms with Gasteiger partial charge in [-0.05, 0) is 24.6 Å². The lowest BCUT2D eigenvalue weighted by atomic mass is 10.1. The zero-order chi connectivity index (χ0) is 25.4. The van der Waals surface area contributed by atoms with Crippen molar-refractivity contribution in [1.29, 1.82) is 0 Å². The number of hydrogen-bond acceptors (Lipinski definition) is 6. The molecular weight excluding hydrogens is 475 g/mol. The van der Waals surface area contributed by atoms with Crippen LogP contribution in [0.2, 0.25) is 0 Å². The fourth-order valence-electron chi connectivity index (χ4n) is 3.85. The third-order valence-corrected chi connectivity index (χ3v) is 5.52. The second-order valence-electron chi connectivity index (χ2n) is 7.99. The van der Waals surface area contributed by atoms with Gasteiger partial charge in [0.15, 0.2) is 17.2 Å². The van der Waals surface area contributed by atoms with Gasteiger partial charge >= 0.3 is 11.9 Å². The molecule has 0 aliphatic carbocycles. The van der Waals surface area contributed by atoms with Crippen molar-refractivity contribution >= 4 is 11.2 Å². The van der Waals surface area contributed by atoms with Crippen LogP contribution in [0.1, 0.15) is 18.2 Å². The molecule has 0 atom stereocenters. The molecule has 4 aromatic heterocycles. The van der Waals surface area contributed by atoms with Gasteiger partial charge in [0.25, 0.3) is 0 Å². The predicted molar refractivity (Wildman–Crippen MR) is 125 cm³/mol. The maximum absolute atomic E-state index is 13.0. The van der Waals surface area contributed by atoms with E-state index in [9.17, 15) is 18.0 Å². The number of fused-ring (bicyclic) bond motifs is 1. The Kier molecular flexibility index (Phi) is 5.78. The molecule has 1 aromatic carbocycles. The Morgan fingerprint density at radius 1 is 1.08 bits per heavy atom. The Bertz CT molecular complexity index is 1600. The largest absolute Gasteiger partial charge is 0.477 e. The van der Waals surface area contributed by atoms with Crippen molar-refractivity contribution in [2.75, 3.05) is 6.61 Å². The molecule has 184 valence electrons. The highest BCUT2D eigenvalue weighted by Crippen LogP contribution is 2.31. The third kappa shape index (κ3) is 4.32. The maximum Gasteiger partial charge on any atom is 0.434 e. The number of alkyl halides is 3. The highest BCUT2D eigenvalue weighted by Gasteiger charge is 2.34. The van der Waals surface area contributed by atoms with Gasteiger partial charge in [0, 0.05) is 25.0 Å². The van der Waals surface area contributed by atoms with Gasteiger partial charge in [-0.1, -0.05) is 24.3 Å². The molecule has 0 amide bonds. The minimum absolute atomic E-state index is 0.190. The van der Waals surface area contributed by atoms with Crippen LogP contribution in [0.15, 0.2) is 59.8 Å². The number of imidazole rings is 2. The van der Waals surface area contributed by atoms with E-state index in [-0.39, 0.29) is 18.1 Å². The molecule has 0 radical (unpaired) electrons. The van der Waals surface area contributed by atoms with Crippen LogP contribution in [-0.4, -0.2) is 40.7 Å². The Hall–Kier alpha value is -4.48. The van der Waals surface area contributed by atoms with Gasteiger partial charge in [0.1, 0.15) is 11.3 Å². The number of hydrogen-bond donors (Lipinski definition) is 1. The Labute approximate surface area is 202 Å². The highest BCUT2D eigenvalue weighted by atomic mass is 19.4. The van der Waals surface area contributed by atoms with E-state index in [1.54, 1.807) is 42.6 Å². The second-order valence-corrected chi connectivity index (χ2v) is 7.99. The molecule has 0 aliphatic heterocycles. The number of aromatic amines is 1. The monoisotopic (exact) mass is 495 g/mol. The summed E-state index contributed by atoms with van der Waals surface area (Å²) in [6.07, 6.45) is -0.434. The molecular formula is C24H20F3N7O2. The highest BCUT2D eigenvalue weighted by molar-refractivity contribution is 5.74. The molecule has 12 heteroatoms. The number of nitrogens with zero attached hydrogens (tertiary/aromatic N) is 6. The first-order valence-corrected chi connectivity index (χ1v) is 11.0. The summed E-state index contributed by atoms with van der Waals surface area (Å²) >= 11 is 0. The van der Waals surface area contributed by atoms with Crippen LogP contribution in [0.4, 0.5) is 13.2 Å². The molecule has 0 saturated carbocycles. The molecule has 0 saturated heterocycles. The van der Waals surface area contributed by atoms with E-state index in [0.717, 1.165) is 11.8 Å². The van der Waals surface area contributed by atoms with Crippen LogP contribution in [0.5, 0.6) is 5.88 Å². The number of aryl methyl sites for hydroxylation is 1. The summed E-state index contributed by atoms with van der Waals surface area (Å²) in [5.74, 6) is 0.942. The van der Waals surface area contributed by atoms with Crippen molar-refractivity contribution < 1.29 is 17.9 Å². The summed E-state index contributed by atoms with van der Waals surface area (Å²) in [4.78, 5) is 32.3. The number of pyridine rings is 1. The summed E-state index contributed by atoms with van der Waals surface area (Å²) in [5, 5.41) is 0. The van der Waals surface area contributed by atoms with E-state index in [4.69, 9.17) is 4.74 Å². The fraction of sp³-hybridized carbons (Fsp3) is 0.208. The van der Waals surface area contributed by atoms with Gasteiger partial charge in [0.05, 0.1) is 24.9 Å². The van der Waals surface area contributed by atoms with E-state index in [1.165, 1.54) is 22.4 Å². The first-order valence-electron chi connectivity index (χ1n) is 11.0. The lowest BCUT2D eigenvalue weighted by Gasteiger charge is -2.08.